The number of thiophene rings is 2. The van der Waals surface area contributed by atoms with E-state index in [0.29, 0.717) is 18.4 Å². The third kappa shape index (κ3) is 2.83. The number of nitrogens with two attached hydrogens (primary N) is 1. The molecule has 3 aromatic rings. The van der Waals surface area contributed by atoms with E-state index >= 15 is 0 Å². The Morgan fingerprint density at radius 1 is 1.29 bits per heavy atom. The molecule has 24 heavy (non-hydrogen) atoms. The van der Waals surface area contributed by atoms with Gasteiger partial charge in [0.25, 0.3) is 0 Å². The standard InChI is InChI=1S/C18H22N4S2/c1-11(13-8-5-9-23-13)22(2)10-15-20-17(19)16-12-6-3-4-7-14(12)24-18(16)21-15/h5,8-9,11H,3-4,6-7,10H2,1-2H3,(H2,19,20,21). The Bertz CT molecular complexity index is 854. The van der Waals surface area contributed by atoms with Crippen molar-refractivity contribution in [2.24, 2.45) is 0 Å². The molecule has 0 radical (unpaired) electrons. The second-order valence-corrected chi connectivity index (χ2v) is 8.59. The Labute approximate surface area is 150 Å². The number of nitrogen functional groups attached to an aromatic ring is 1. The molecule has 0 aliphatic heterocycles. The van der Waals surface area contributed by atoms with Gasteiger partial charge < -0.3 is 5.73 Å². The van der Waals surface area contributed by atoms with Gasteiger partial charge in [-0.2, -0.15) is 0 Å². The van der Waals surface area contributed by atoms with Crippen LogP contribution in [0.3, 0.4) is 0 Å². The van der Waals surface area contributed by atoms with Gasteiger partial charge in [-0.3, -0.25) is 4.90 Å². The summed E-state index contributed by atoms with van der Waals surface area (Å²) in [5.41, 5.74) is 7.72. The van der Waals surface area contributed by atoms with Crippen molar-refractivity contribution in [3.63, 3.8) is 0 Å². The summed E-state index contributed by atoms with van der Waals surface area (Å²) < 4.78 is 0. The lowest BCUT2D eigenvalue weighted by Gasteiger charge is -2.23. The van der Waals surface area contributed by atoms with E-state index in [9.17, 15) is 0 Å². The van der Waals surface area contributed by atoms with Gasteiger partial charge in [-0.05, 0) is 56.7 Å². The predicted octanol–water partition coefficient (Wildman–Crippen LogP) is 4.41. The molecular formula is C18H22N4S2. The Morgan fingerprint density at radius 2 is 2.12 bits per heavy atom. The van der Waals surface area contributed by atoms with Crippen molar-refractivity contribution in [3.05, 3.63) is 38.7 Å². The summed E-state index contributed by atoms with van der Waals surface area (Å²) in [6, 6.07) is 4.63. The molecule has 0 fully saturated rings. The molecule has 1 unspecified atom stereocenters. The predicted molar refractivity (Wildman–Crippen MR) is 103 cm³/mol. The first-order valence-corrected chi connectivity index (χ1v) is 10.1. The van der Waals surface area contributed by atoms with Gasteiger partial charge in [0.1, 0.15) is 16.5 Å². The Balaban J connectivity index is 1.63. The first kappa shape index (κ1) is 16.0. The van der Waals surface area contributed by atoms with Crippen LogP contribution in [-0.2, 0) is 19.4 Å². The van der Waals surface area contributed by atoms with Gasteiger partial charge in [0.2, 0.25) is 0 Å². The van der Waals surface area contributed by atoms with Crippen LogP contribution in [0.25, 0.3) is 10.2 Å². The highest BCUT2D eigenvalue weighted by molar-refractivity contribution is 7.19. The fraction of sp³-hybridized carbons (Fsp3) is 0.444. The van der Waals surface area contributed by atoms with E-state index in [0.717, 1.165) is 22.5 Å². The maximum Gasteiger partial charge on any atom is 0.146 e. The molecule has 2 N–H and O–H groups in total. The molecule has 1 aliphatic rings. The maximum absolute atomic E-state index is 6.31. The second-order valence-electron chi connectivity index (χ2n) is 6.52. The summed E-state index contributed by atoms with van der Waals surface area (Å²) in [6.45, 7) is 2.93. The molecule has 1 atom stereocenters. The van der Waals surface area contributed by atoms with Crippen molar-refractivity contribution in [2.45, 2.75) is 45.2 Å². The molecule has 0 saturated carbocycles. The number of hydrogen-bond donors (Lipinski definition) is 1. The highest BCUT2D eigenvalue weighted by atomic mass is 32.1. The van der Waals surface area contributed by atoms with E-state index in [1.54, 1.807) is 11.3 Å². The summed E-state index contributed by atoms with van der Waals surface area (Å²) >= 11 is 3.60. The summed E-state index contributed by atoms with van der Waals surface area (Å²) in [6.07, 6.45) is 4.82. The molecule has 4 rings (SSSR count). The summed E-state index contributed by atoms with van der Waals surface area (Å²) in [5, 5.41) is 3.24. The quantitative estimate of drug-likeness (QED) is 0.751. The fourth-order valence-electron chi connectivity index (χ4n) is 3.41. The van der Waals surface area contributed by atoms with Gasteiger partial charge in [0.05, 0.1) is 11.9 Å². The van der Waals surface area contributed by atoms with Gasteiger partial charge >= 0.3 is 0 Å². The zero-order valence-corrected chi connectivity index (χ0v) is 15.7. The summed E-state index contributed by atoms with van der Waals surface area (Å²) in [5.74, 6) is 1.48. The smallest absolute Gasteiger partial charge is 0.146 e. The summed E-state index contributed by atoms with van der Waals surface area (Å²) in [7, 11) is 2.12. The van der Waals surface area contributed by atoms with E-state index in [-0.39, 0.29) is 0 Å². The third-order valence-corrected chi connectivity index (χ3v) is 7.12. The van der Waals surface area contributed by atoms with Gasteiger partial charge in [0, 0.05) is 15.8 Å². The van der Waals surface area contributed by atoms with Gasteiger partial charge in [-0.15, -0.1) is 22.7 Å². The van der Waals surface area contributed by atoms with E-state index in [2.05, 4.69) is 41.4 Å². The highest BCUT2D eigenvalue weighted by Crippen LogP contribution is 2.37. The van der Waals surface area contributed by atoms with Gasteiger partial charge in [-0.1, -0.05) is 6.07 Å². The lowest BCUT2D eigenvalue weighted by atomic mass is 9.97. The van der Waals surface area contributed by atoms with Crippen LogP contribution in [0.5, 0.6) is 0 Å². The molecule has 6 heteroatoms. The number of anilines is 1. The minimum atomic E-state index is 0.349. The van der Waals surface area contributed by atoms with E-state index < -0.39 is 0 Å². The normalized spacial score (nSPS) is 15.8. The zero-order valence-electron chi connectivity index (χ0n) is 14.1. The van der Waals surface area contributed by atoms with Crippen molar-refractivity contribution < 1.29 is 0 Å². The SMILES string of the molecule is CC(c1cccs1)N(C)Cc1nc(N)c2c3c(sc2n1)CCCC3. The van der Waals surface area contributed by atoms with Gasteiger partial charge in [0.15, 0.2) is 0 Å². The largest absolute Gasteiger partial charge is 0.383 e. The van der Waals surface area contributed by atoms with Crippen molar-refractivity contribution in [3.8, 4) is 0 Å². The first-order valence-electron chi connectivity index (χ1n) is 8.43. The molecule has 1 aliphatic carbocycles. The monoisotopic (exact) mass is 358 g/mol. The van der Waals surface area contributed by atoms with E-state index in [4.69, 9.17) is 10.7 Å². The van der Waals surface area contributed by atoms with Crippen LogP contribution in [0, 0.1) is 0 Å². The van der Waals surface area contributed by atoms with E-state index in [1.807, 2.05) is 11.3 Å². The summed E-state index contributed by atoms with van der Waals surface area (Å²) in [4.78, 5) is 15.6. The Hall–Kier alpha value is -1.50. The third-order valence-electron chi connectivity index (χ3n) is 4.90. The minimum Gasteiger partial charge on any atom is -0.383 e. The zero-order chi connectivity index (χ0) is 16.7. The van der Waals surface area contributed by atoms with Gasteiger partial charge in [-0.25, -0.2) is 9.97 Å². The first-order chi connectivity index (χ1) is 11.6. The number of aryl methyl sites for hydroxylation is 2. The Kier molecular flexibility index (Phi) is 4.28. The minimum absolute atomic E-state index is 0.349. The number of nitrogens with zero attached hydrogens (tertiary/aromatic N) is 3. The average Bonchev–Trinajstić information content (AvgIpc) is 3.21. The van der Waals surface area contributed by atoms with Crippen molar-refractivity contribution in [2.75, 3.05) is 12.8 Å². The number of aromatic nitrogens is 2. The van der Waals surface area contributed by atoms with Crippen molar-refractivity contribution in [1.82, 2.24) is 14.9 Å². The Morgan fingerprint density at radius 3 is 2.92 bits per heavy atom. The molecule has 126 valence electrons. The molecule has 3 aromatic heterocycles. The van der Waals surface area contributed by atoms with Crippen LogP contribution in [0.1, 0.15) is 46.9 Å². The van der Waals surface area contributed by atoms with Crippen LogP contribution in [0.2, 0.25) is 0 Å². The molecule has 0 bridgehead atoms. The van der Waals surface area contributed by atoms with Crippen LogP contribution < -0.4 is 5.73 Å². The van der Waals surface area contributed by atoms with Crippen LogP contribution in [0.4, 0.5) is 5.82 Å². The lowest BCUT2D eigenvalue weighted by molar-refractivity contribution is 0.250. The average molecular weight is 359 g/mol. The van der Waals surface area contributed by atoms with E-state index in [1.165, 1.54) is 34.6 Å². The highest BCUT2D eigenvalue weighted by Gasteiger charge is 2.21. The van der Waals surface area contributed by atoms with Crippen molar-refractivity contribution >= 4 is 38.7 Å². The van der Waals surface area contributed by atoms with Crippen LogP contribution >= 0.6 is 22.7 Å². The maximum atomic E-state index is 6.31. The lowest BCUT2D eigenvalue weighted by Crippen LogP contribution is -2.22. The number of fused-ring (bicyclic) bond motifs is 3. The van der Waals surface area contributed by atoms with Crippen LogP contribution in [-0.4, -0.2) is 21.9 Å². The molecule has 0 aromatic carbocycles. The number of hydrogen-bond acceptors (Lipinski definition) is 6. The topological polar surface area (TPSA) is 55.0 Å². The molecule has 0 amide bonds. The van der Waals surface area contributed by atoms with Crippen molar-refractivity contribution in [1.29, 1.82) is 0 Å². The van der Waals surface area contributed by atoms with Crippen LogP contribution in [0.15, 0.2) is 17.5 Å². The molecular weight excluding hydrogens is 336 g/mol. The fourth-order valence-corrected chi connectivity index (χ4v) is 5.54. The molecule has 4 nitrogen and oxygen atoms in total. The molecule has 3 heterocycles. The molecule has 0 spiro atoms. The molecule has 0 saturated heterocycles. The second kappa shape index (κ2) is 6.43. The number of rotatable bonds is 4.